The molecule has 0 radical (unpaired) electrons. The normalized spacial score (nSPS) is 15.5. The molecule has 0 unspecified atom stereocenters. The van der Waals surface area contributed by atoms with E-state index in [4.69, 9.17) is 0 Å². The van der Waals surface area contributed by atoms with Crippen LogP contribution in [-0.2, 0) is 11.8 Å². The third-order valence-corrected chi connectivity index (χ3v) is 4.09. The summed E-state index contributed by atoms with van der Waals surface area (Å²) in [6.45, 7) is 7.14. The lowest BCUT2D eigenvalue weighted by Gasteiger charge is -2.13. The molecule has 2 N–H and O–H groups in total. The van der Waals surface area contributed by atoms with Gasteiger partial charge in [-0.3, -0.25) is 0 Å². The molecule has 100 valence electrons. The van der Waals surface area contributed by atoms with E-state index in [1.54, 1.807) is 11.3 Å². The molecule has 1 aliphatic rings. The molecule has 0 aliphatic heterocycles. The molecule has 1 aromatic heterocycles. The van der Waals surface area contributed by atoms with Crippen LogP contribution in [0.1, 0.15) is 44.3 Å². The monoisotopic (exact) mass is 267 g/mol. The SMILES string of the molecule is CC(C)(C)c1nc(CCNC(=O)NC2CC2)cs1. The van der Waals surface area contributed by atoms with Crippen molar-refractivity contribution < 1.29 is 4.79 Å². The average molecular weight is 267 g/mol. The number of rotatable bonds is 4. The summed E-state index contributed by atoms with van der Waals surface area (Å²) in [6.07, 6.45) is 3.04. The zero-order chi connectivity index (χ0) is 13.2. The minimum atomic E-state index is -0.0521. The van der Waals surface area contributed by atoms with Crippen molar-refractivity contribution in [3.63, 3.8) is 0 Å². The van der Waals surface area contributed by atoms with Gasteiger partial charge in [0.2, 0.25) is 0 Å². The van der Waals surface area contributed by atoms with Gasteiger partial charge in [-0.15, -0.1) is 11.3 Å². The van der Waals surface area contributed by atoms with Gasteiger partial charge in [0.05, 0.1) is 10.7 Å². The van der Waals surface area contributed by atoms with E-state index in [1.807, 2.05) is 0 Å². The summed E-state index contributed by atoms with van der Waals surface area (Å²) < 4.78 is 0. The second kappa shape index (κ2) is 5.26. The van der Waals surface area contributed by atoms with Gasteiger partial charge >= 0.3 is 6.03 Å². The second-order valence-electron chi connectivity index (χ2n) is 5.82. The number of hydrogen-bond acceptors (Lipinski definition) is 3. The van der Waals surface area contributed by atoms with Gasteiger partial charge in [-0.1, -0.05) is 20.8 Å². The lowest BCUT2D eigenvalue weighted by molar-refractivity contribution is 0.240. The zero-order valence-corrected chi connectivity index (χ0v) is 12.1. The van der Waals surface area contributed by atoms with Crippen molar-refractivity contribution in [2.45, 2.75) is 51.5 Å². The van der Waals surface area contributed by atoms with E-state index in [9.17, 15) is 4.79 Å². The van der Waals surface area contributed by atoms with E-state index in [0.717, 1.165) is 30.0 Å². The molecule has 5 heteroatoms. The quantitative estimate of drug-likeness (QED) is 0.880. The van der Waals surface area contributed by atoms with E-state index in [0.29, 0.717) is 12.6 Å². The molecule has 0 atom stereocenters. The fourth-order valence-electron chi connectivity index (χ4n) is 1.53. The van der Waals surface area contributed by atoms with Gasteiger partial charge in [0, 0.05) is 29.8 Å². The lowest BCUT2D eigenvalue weighted by Crippen LogP contribution is -2.37. The number of thiazole rings is 1. The number of carbonyl (C=O) groups is 1. The first-order valence-electron chi connectivity index (χ1n) is 6.44. The highest BCUT2D eigenvalue weighted by Gasteiger charge is 2.23. The summed E-state index contributed by atoms with van der Waals surface area (Å²) in [5.74, 6) is 0. The standard InChI is InChI=1S/C13H21N3OS/c1-13(2,3)11-15-10(8-18-11)6-7-14-12(17)16-9-4-5-9/h8-9H,4-7H2,1-3H3,(H2,14,16,17). The summed E-state index contributed by atoms with van der Waals surface area (Å²) >= 11 is 1.70. The maximum Gasteiger partial charge on any atom is 0.315 e. The predicted octanol–water partition coefficient (Wildman–Crippen LogP) is 2.44. The fraction of sp³-hybridized carbons (Fsp3) is 0.692. The molecule has 2 rings (SSSR count). The largest absolute Gasteiger partial charge is 0.338 e. The van der Waals surface area contributed by atoms with Crippen molar-refractivity contribution in [3.8, 4) is 0 Å². The molecule has 0 bridgehead atoms. The molecule has 1 fully saturated rings. The maximum absolute atomic E-state index is 11.4. The third kappa shape index (κ3) is 3.98. The van der Waals surface area contributed by atoms with Gasteiger partial charge in [-0.25, -0.2) is 9.78 Å². The molecule has 1 saturated carbocycles. The van der Waals surface area contributed by atoms with Crippen LogP contribution in [0.15, 0.2) is 5.38 Å². The Bertz CT molecular complexity index is 418. The van der Waals surface area contributed by atoms with Crippen molar-refractivity contribution in [1.82, 2.24) is 15.6 Å². The van der Waals surface area contributed by atoms with Crippen molar-refractivity contribution in [1.29, 1.82) is 0 Å². The van der Waals surface area contributed by atoms with Gasteiger partial charge in [-0.05, 0) is 12.8 Å². The van der Waals surface area contributed by atoms with E-state index in [-0.39, 0.29) is 11.4 Å². The first-order chi connectivity index (χ1) is 8.45. The Morgan fingerprint density at radius 1 is 1.50 bits per heavy atom. The topological polar surface area (TPSA) is 54.0 Å². The third-order valence-electron chi connectivity index (χ3n) is 2.77. The van der Waals surface area contributed by atoms with Gasteiger partial charge < -0.3 is 10.6 Å². The van der Waals surface area contributed by atoms with E-state index < -0.39 is 0 Å². The summed E-state index contributed by atoms with van der Waals surface area (Å²) in [7, 11) is 0. The number of urea groups is 1. The van der Waals surface area contributed by atoms with E-state index >= 15 is 0 Å². The predicted molar refractivity (Wildman–Crippen MR) is 74.1 cm³/mol. The Hall–Kier alpha value is -1.10. The van der Waals surface area contributed by atoms with Crippen LogP contribution in [-0.4, -0.2) is 23.6 Å². The molecule has 0 saturated heterocycles. The zero-order valence-electron chi connectivity index (χ0n) is 11.2. The van der Waals surface area contributed by atoms with Crippen LogP contribution in [0.5, 0.6) is 0 Å². The smallest absolute Gasteiger partial charge is 0.315 e. The van der Waals surface area contributed by atoms with E-state index in [1.165, 1.54) is 0 Å². The van der Waals surface area contributed by atoms with Gasteiger partial charge in [-0.2, -0.15) is 0 Å². The number of carbonyl (C=O) groups excluding carboxylic acids is 1. The molecular formula is C13H21N3OS. The van der Waals surface area contributed by atoms with Crippen molar-refractivity contribution in [2.24, 2.45) is 0 Å². The van der Waals surface area contributed by atoms with Crippen LogP contribution >= 0.6 is 11.3 Å². The number of nitrogens with zero attached hydrogens (tertiary/aromatic N) is 1. The molecular weight excluding hydrogens is 246 g/mol. The van der Waals surface area contributed by atoms with Crippen LogP contribution in [0.4, 0.5) is 4.79 Å². The molecule has 0 spiro atoms. The summed E-state index contributed by atoms with van der Waals surface area (Å²) in [4.78, 5) is 16.0. The van der Waals surface area contributed by atoms with Crippen LogP contribution in [0, 0.1) is 0 Å². The van der Waals surface area contributed by atoms with Crippen molar-refractivity contribution in [3.05, 3.63) is 16.1 Å². The molecule has 2 amide bonds. The van der Waals surface area contributed by atoms with Crippen molar-refractivity contribution >= 4 is 17.4 Å². The molecule has 18 heavy (non-hydrogen) atoms. The Morgan fingerprint density at radius 3 is 2.78 bits per heavy atom. The van der Waals surface area contributed by atoms with Crippen LogP contribution in [0.25, 0.3) is 0 Å². The Labute approximate surface area is 112 Å². The first-order valence-corrected chi connectivity index (χ1v) is 7.32. The second-order valence-corrected chi connectivity index (χ2v) is 6.68. The minimum absolute atomic E-state index is 0.0521. The van der Waals surface area contributed by atoms with Crippen LogP contribution in [0.2, 0.25) is 0 Å². The summed E-state index contributed by atoms with van der Waals surface area (Å²) in [6, 6.07) is 0.362. The minimum Gasteiger partial charge on any atom is -0.338 e. The fourth-order valence-corrected chi connectivity index (χ4v) is 2.48. The van der Waals surface area contributed by atoms with Crippen LogP contribution in [0.3, 0.4) is 0 Å². The molecule has 1 heterocycles. The maximum atomic E-state index is 11.4. The molecule has 1 aliphatic carbocycles. The number of hydrogen-bond donors (Lipinski definition) is 2. The summed E-state index contributed by atoms with van der Waals surface area (Å²) in [5, 5.41) is 9.00. The van der Waals surface area contributed by atoms with E-state index in [2.05, 4.69) is 41.8 Å². The van der Waals surface area contributed by atoms with Crippen LogP contribution < -0.4 is 10.6 Å². The number of amides is 2. The molecule has 0 aromatic carbocycles. The first kappa shape index (κ1) is 13.3. The average Bonchev–Trinajstić information content (AvgIpc) is 2.93. The molecule has 1 aromatic rings. The highest BCUT2D eigenvalue weighted by atomic mass is 32.1. The van der Waals surface area contributed by atoms with Gasteiger partial charge in [0.1, 0.15) is 0 Å². The summed E-state index contributed by atoms with van der Waals surface area (Å²) in [5.41, 5.74) is 1.18. The molecule has 4 nitrogen and oxygen atoms in total. The Morgan fingerprint density at radius 2 is 2.22 bits per heavy atom. The van der Waals surface area contributed by atoms with Gasteiger partial charge in [0.25, 0.3) is 0 Å². The highest BCUT2D eigenvalue weighted by molar-refractivity contribution is 7.09. The number of aromatic nitrogens is 1. The Balaban J connectivity index is 1.72. The van der Waals surface area contributed by atoms with Crippen molar-refractivity contribution in [2.75, 3.05) is 6.54 Å². The highest BCUT2D eigenvalue weighted by Crippen LogP contribution is 2.25. The Kier molecular flexibility index (Phi) is 3.90. The lowest BCUT2D eigenvalue weighted by atomic mass is 9.98. The number of nitrogens with one attached hydrogen (secondary N) is 2. The van der Waals surface area contributed by atoms with Gasteiger partial charge in [0.15, 0.2) is 0 Å².